The fourth-order valence-electron chi connectivity index (χ4n) is 3.18. The lowest BCUT2D eigenvalue weighted by atomic mass is 10.1. The van der Waals surface area contributed by atoms with Gasteiger partial charge in [0.05, 0.1) is 21.3 Å². The quantitative estimate of drug-likeness (QED) is 0.524. The van der Waals surface area contributed by atoms with Crippen LogP contribution in [-0.2, 0) is 0 Å². The van der Waals surface area contributed by atoms with Crippen LogP contribution in [-0.4, -0.2) is 35.9 Å². The number of pyridine rings is 1. The van der Waals surface area contributed by atoms with Crippen molar-refractivity contribution in [3.8, 4) is 28.4 Å². The number of rotatable bonds is 6. The van der Waals surface area contributed by atoms with Gasteiger partial charge in [0, 0.05) is 24.0 Å². The normalized spacial score (nSPS) is 10.8. The van der Waals surface area contributed by atoms with Crippen LogP contribution in [0.3, 0.4) is 0 Å². The molecule has 0 bridgehead atoms. The maximum absolute atomic E-state index is 5.42. The van der Waals surface area contributed by atoms with Gasteiger partial charge in [-0.3, -0.25) is 4.40 Å². The number of benzene rings is 2. The third kappa shape index (κ3) is 3.54. The van der Waals surface area contributed by atoms with Gasteiger partial charge in [0.15, 0.2) is 17.1 Å². The van der Waals surface area contributed by atoms with E-state index in [-0.39, 0.29) is 0 Å². The van der Waals surface area contributed by atoms with Gasteiger partial charge in [-0.25, -0.2) is 0 Å². The minimum Gasteiger partial charge on any atom is -0.493 e. The first-order valence-corrected chi connectivity index (χ1v) is 9.12. The smallest absolute Gasteiger partial charge is 0.233 e. The molecular formula is C22H22N4O3. The first kappa shape index (κ1) is 18.6. The second-order valence-corrected chi connectivity index (χ2v) is 6.57. The van der Waals surface area contributed by atoms with Gasteiger partial charge in [-0.1, -0.05) is 29.8 Å². The van der Waals surface area contributed by atoms with E-state index in [2.05, 4.69) is 46.7 Å². The zero-order valence-electron chi connectivity index (χ0n) is 16.8. The molecule has 7 nitrogen and oxygen atoms in total. The average Bonchev–Trinajstić information content (AvgIpc) is 3.15. The fourth-order valence-corrected chi connectivity index (χ4v) is 3.18. The summed E-state index contributed by atoms with van der Waals surface area (Å²) < 4.78 is 18.1. The van der Waals surface area contributed by atoms with E-state index < -0.39 is 0 Å². The van der Waals surface area contributed by atoms with E-state index in [1.165, 1.54) is 5.56 Å². The van der Waals surface area contributed by atoms with Crippen LogP contribution in [0.4, 0.5) is 11.6 Å². The number of nitrogens with one attached hydrogen (secondary N) is 1. The molecule has 1 N–H and O–H groups in total. The van der Waals surface area contributed by atoms with Crippen LogP contribution in [0.5, 0.6) is 17.2 Å². The van der Waals surface area contributed by atoms with E-state index in [1.54, 1.807) is 21.3 Å². The molecule has 0 unspecified atom stereocenters. The van der Waals surface area contributed by atoms with Crippen molar-refractivity contribution in [2.75, 3.05) is 26.6 Å². The van der Waals surface area contributed by atoms with Crippen LogP contribution < -0.4 is 19.5 Å². The number of aromatic nitrogens is 3. The van der Waals surface area contributed by atoms with Crippen LogP contribution in [0.2, 0.25) is 0 Å². The van der Waals surface area contributed by atoms with E-state index in [9.17, 15) is 0 Å². The number of ether oxygens (including phenoxy) is 3. The standard InChI is InChI=1S/C22H22N4O3/c1-14-5-7-15(8-6-14)16-9-10-20-24-25-22(26(20)13-16)23-17-11-18(27-2)21(29-4)19(12-17)28-3/h5-13H,1-4H3,(H,23,25). The Morgan fingerprint density at radius 2 is 1.45 bits per heavy atom. The van der Waals surface area contributed by atoms with Crippen molar-refractivity contribution in [2.45, 2.75) is 6.92 Å². The number of fused-ring (bicyclic) bond motifs is 1. The van der Waals surface area contributed by atoms with Crippen molar-refractivity contribution in [1.82, 2.24) is 14.6 Å². The molecular weight excluding hydrogens is 368 g/mol. The topological polar surface area (TPSA) is 69.9 Å². The molecule has 0 saturated heterocycles. The van der Waals surface area contributed by atoms with Crippen LogP contribution in [0.1, 0.15) is 5.56 Å². The highest BCUT2D eigenvalue weighted by atomic mass is 16.5. The summed E-state index contributed by atoms with van der Waals surface area (Å²) in [6, 6.07) is 16.0. The Kier molecular flexibility index (Phi) is 4.95. The van der Waals surface area contributed by atoms with Gasteiger partial charge in [0.25, 0.3) is 0 Å². The monoisotopic (exact) mass is 390 g/mol. The number of aryl methyl sites for hydroxylation is 1. The van der Waals surface area contributed by atoms with Crippen molar-refractivity contribution in [1.29, 1.82) is 0 Å². The maximum atomic E-state index is 5.42. The van der Waals surface area contributed by atoms with Crippen LogP contribution in [0.25, 0.3) is 16.8 Å². The van der Waals surface area contributed by atoms with Crippen molar-refractivity contribution < 1.29 is 14.2 Å². The first-order valence-electron chi connectivity index (χ1n) is 9.12. The van der Waals surface area contributed by atoms with E-state index in [4.69, 9.17) is 14.2 Å². The Bertz CT molecular complexity index is 1130. The largest absolute Gasteiger partial charge is 0.493 e. The molecule has 0 aliphatic rings. The second kappa shape index (κ2) is 7.71. The fraction of sp³-hybridized carbons (Fsp3) is 0.182. The molecule has 4 rings (SSSR count). The Morgan fingerprint density at radius 1 is 0.793 bits per heavy atom. The van der Waals surface area contributed by atoms with Crippen molar-refractivity contribution in [3.05, 3.63) is 60.3 Å². The lowest BCUT2D eigenvalue weighted by Crippen LogP contribution is -2.00. The summed E-state index contributed by atoms with van der Waals surface area (Å²) in [5, 5.41) is 11.8. The Balaban J connectivity index is 1.73. The maximum Gasteiger partial charge on any atom is 0.233 e. The summed E-state index contributed by atoms with van der Waals surface area (Å²) in [6.07, 6.45) is 2.01. The number of anilines is 2. The summed E-state index contributed by atoms with van der Waals surface area (Å²) in [7, 11) is 4.74. The van der Waals surface area contributed by atoms with Crippen molar-refractivity contribution in [3.63, 3.8) is 0 Å². The summed E-state index contributed by atoms with van der Waals surface area (Å²) in [5.74, 6) is 2.24. The number of nitrogens with zero attached hydrogens (tertiary/aromatic N) is 3. The third-order valence-electron chi connectivity index (χ3n) is 4.71. The highest BCUT2D eigenvalue weighted by Gasteiger charge is 2.15. The average molecular weight is 390 g/mol. The molecule has 0 amide bonds. The number of hydrogen-bond acceptors (Lipinski definition) is 6. The Morgan fingerprint density at radius 3 is 2.07 bits per heavy atom. The molecule has 0 aliphatic heterocycles. The van der Waals surface area contributed by atoms with Gasteiger partial charge in [-0.05, 0) is 30.2 Å². The van der Waals surface area contributed by atoms with Crippen LogP contribution >= 0.6 is 0 Å². The highest BCUT2D eigenvalue weighted by molar-refractivity contribution is 5.69. The van der Waals surface area contributed by atoms with E-state index in [1.807, 2.05) is 34.9 Å². The van der Waals surface area contributed by atoms with Gasteiger partial charge in [-0.15, -0.1) is 10.2 Å². The lowest BCUT2D eigenvalue weighted by Gasteiger charge is -2.14. The Labute approximate surface area is 168 Å². The molecule has 0 fully saturated rings. The molecule has 148 valence electrons. The van der Waals surface area contributed by atoms with Crippen molar-refractivity contribution in [2.24, 2.45) is 0 Å². The molecule has 0 saturated carbocycles. The molecule has 2 heterocycles. The SMILES string of the molecule is COc1cc(Nc2nnc3ccc(-c4ccc(C)cc4)cn23)cc(OC)c1OC. The highest BCUT2D eigenvalue weighted by Crippen LogP contribution is 2.40. The lowest BCUT2D eigenvalue weighted by molar-refractivity contribution is 0.324. The minimum atomic E-state index is 0.535. The van der Waals surface area contributed by atoms with E-state index >= 15 is 0 Å². The second-order valence-electron chi connectivity index (χ2n) is 6.57. The first-order chi connectivity index (χ1) is 14.1. The third-order valence-corrected chi connectivity index (χ3v) is 4.71. The zero-order valence-corrected chi connectivity index (χ0v) is 16.8. The molecule has 7 heteroatoms. The molecule has 4 aromatic rings. The van der Waals surface area contributed by atoms with Gasteiger partial charge >= 0.3 is 0 Å². The predicted molar refractivity (Wildman–Crippen MR) is 113 cm³/mol. The molecule has 0 radical (unpaired) electrons. The van der Waals surface area contributed by atoms with Gasteiger partial charge in [0.1, 0.15) is 0 Å². The Hall–Kier alpha value is -3.74. The summed E-state index contributed by atoms with van der Waals surface area (Å²) in [4.78, 5) is 0. The number of hydrogen-bond donors (Lipinski definition) is 1. The molecule has 2 aromatic heterocycles. The molecule has 2 aromatic carbocycles. The van der Waals surface area contributed by atoms with Crippen LogP contribution in [0, 0.1) is 6.92 Å². The molecule has 0 atom stereocenters. The van der Waals surface area contributed by atoms with Gasteiger partial charge < -0.3 is 19.5 Å². The summed E-state index contributed by atoms with van der Waals surface area (Å²) in [5.41, 5.74) is 4.92. The van der Waals surface area contributed by atoms with Crippen molar-refractivity contribution >= 4 is 17.3 Å². The summed E-state index contributed by atoms with van der Waals surface area (Å²) >= 11 is 0. The van der Waals surface area contributed by atoms with Gasteiger partial charge in [0.2, 0.25) is 11.7 Å². The number of methoxy groups -OCH3 is 3. The molecule has 0 spiro atoms. The van der Waals surface area contributed by atoms with Crippen LogP contribution in [0.15, 0.2) is 54.7 Å². The zero-order chi connectivity index (χ0) is 20.4. The van der Waals surface area contributed by atoms with Gasteiger partial charge in [-0.2, -0.15) is 0 Å². The van der Waals surface area contributed by atoms with E-state index in [0.717, 1.165) is 22.5 Å². The summed E-state index contributed by atoms with van der Waals surface area (Å²) in [6.45, 7) is 2.08. The predicted octanol–water partition coefficient (Wildman–Crippen LogP) is 4.47. The molecule has 0 aliphatic carbocycles. The molecule has 29 heavy (non-hydrogen) atoms. The minimum absolute atomic E-state index is 0.535. The van der Waals surface area contributed by atoms with E-state index in [0.29, 0.717) is 23.2 Å².